The summed E-state index contributed by atoms with van der Waals surface area (Å²) in [7, 11) is 1.82. The maximum atomic E-state index is 13.1. The van der Waals surface area contributed by atoms with Crippen LogP contribution >= 0.6 is 11.8 Å². The van der Waals surface area contributed by atoms with Crippen LogP contribution in [0.5, 0.6) is 0 Å². The molecule has 0 radical (unpaired) electrons. The molecule has 2 rings (SSSR count). The lowest BCUT2D eigenvalue weighted by Gasteiger charge is -2.15. The first kappa shape index (κ1) is 14.0. The van der Waals surface area contributed by atoms with Crippen molar-refractivity contribution < 1.29 is 8.78 Å². The molecule has 0 aliphatic carbocycles. The monoisotopic (exact) mass is 280 g/mol. The van der Waals surface area contributed by atoms with Crippen LogP contribution in [0.1, 0.15) is 11.6 Å². The van der Waals surface area contributed by atoms with E-state index in [4.69, 9.17) is 0 Å². The number of hydrogen-bond acceptors (Lipinski definition) is 3. The summed E-state index contributed by atoms with van der Waals surface area (Å²) in [5, 5.41) is 3.13. The van der Waals surface area contributed by atoms with Gasteiger partial charge in [-0.05, 0) is 42.9 Å². The Morgan fingerprint density at radius 1 is 1.16 bits per heavy atom. The zero-order chi connectivity index (χ0) is 13.7. The molecule has 0 aliphatic heterocycles. The summed E-state index contributed by atoms with van der Waals surface area (Å²) >= 11 is 1.58. The van der Waals surface area contributed by atoms with E-state index in [-0.39, 0.29) is 17.7 Å². The van der Waals surface area contributed by atoms with Crippen LogP contribution in [0.4, 0.5) is 8.78 Å². The summed E-state index contributed by atoms with van der Waals surface area (Å²) in [4.78, 5) is 4.82. The van der Waals surface area contributed by atoms with E-state index in [2.05, 4.69) is 10.3 Å². The molecule has 0 saturated heterocycles. The fourth-order valence-corrected chi connectivity index (χ4v) is 2.72. The van der Waals surface area contributed by atoms with Gasteiger partial charge in [-0.25, -0.2) is 8.78 Å². The number of nitrogens with zero attached hydrogens (tertiary/aromatic N) is 1. The van der Waals surface area contributed by atoms with Gasteiger partial charge in [0.25, 0.3) is 0 Å². The minimum atomic E-state index is -0.343. The second kappa shape index (κ2) is 6.63. The summed E-state index contributed by atoms with van der Waals surface area (Å²) in [6, 6.07) is 7.80. The lowest BCUT2D eigenvalue weighted by Crippen LogP contribution is -2.19. The molecule has 1 heterocycles. The highest BCUT2D eigenvalue weighted by Gasteiger charge is 2.11. The lowest BCUT2D eigenvalue weighted by molar-refractivity contribution is 0.603. The molecule has 1 N–H and O–H groups in total. The molecule has 19 heavy (non-hydrogen) atoms. The van der Waals surface area contributed by atoms with Crippen LogP contribution in [0.2, 0.25) is 0 Å². The van der Waals surface area contributed by atoms with Crippen LogP contribution in [0.3, 0.4) is 0 Å². The van der Waals surface area contributed by atoms with Gasteiger partial charge in [-0.2, -0.15) is 0 Å². The first-order chi connectivity index (χ1) is 9.19. The van der Waals surface area contributed by atoms with Crippen molar-refractivity contribution in [1.82, 2.24) is 10.3 Å². The van der Waals surface area contributed by atoms with Gasteiger partial charge in [0.2, 0.25) is 0 Å². The van der Waals surface area contributed by atoms with E-state index in [0.717, 1.165) is 10.5 Å². The summed E-state index contributed by atoms with van der Waals surface area (Å²) in [6.45, 7) is 0. The van der Waals surface area contributed by atoms with Gasteiger partial charge in [0.15, 0.2) is 0 Å². The molecule has 1 aromatic heterocycles. The summed E-state index contributed by atoms with van der Waals surface area (Å²) in [6.07, 6.45) is 2.83. The number of thioether (sulfide) groups is 1. The predicted octanol–water partition coefficient (Wildman–Crippen LogP) is 3.41. The zero-order valence-corrected chi connectivity index (χ0v) is 11.3. The van der Waals surface area contributed by atoms with Crippen LogP contribution in [-0.2, 0) is 0 Å². The quantitative estimate of drug-likeness (QED) is 0.850. The number of benzene rings is 1. The molecule has 0 fully saturated rings. The minimum absolute atomic E-state index is 0.00162. The van der Waals surface area contributed by atoms with Crippen LogP contribution in [-0.4, -0.2) is 17.8 Å². The number of aromatic nitrogens is 1. The summed E-state index contributed by atoms with van der Waals surface area (Å²) in [5.41, 5.74) is 0.803. The van der Waals surface area contributed by atoms with Gasteiger partial charge < -0.3 is 5.32 Å². The molecule has 100 valence electrons. The summed E-state index contributed by atoms with van der Waals surface area (Å²) in [5.74, 6) is 0.126. The topological polar surface area (TPSA) is 24.9 Å². The highest BCUT2D eigenvalue weighted by atomic mass is 32.2. The van der Waals surface area contributed by atoms with Gasteiger partial charge >= 0.3 is 0 Å². The molecule has 0 saturated carbocycles. The van der Waals surface area contributed by atoms with Crippen molar-refractivity contribution in [2.75, 3.05) is 12.8 Å². The lowest BCUT2D eigenvalue weighted by atomic mass is 10.1. The normalized spacial score (nSPS) is 12.4. The number of hydrogen-bond donors (Lipinski definition) is 1. The van der Waals surface area contributed by atoms with Crippen molar-refractivity contribution in [1.29, 1.82) is 0 Å². The van der Waals surface area contributed by atoms with Gasteiger partial charge in [0, 0.05) is 22.9 Å². The fraction of sp³-hybridized carbons (Fsp3) is 0.214. The standard InChI is InChI=1S/C14H14F2N2S/c1-17-14(10-6-12(16)8-18-7-10)9-19-13-4-2-11(15)3-5-13/h2-8,14,17H,9H2,1H3. The van der Waals surface area contributed by atoms with Crippen molar-refractivity contribution in [2.24, 2.45) is 0 Å². The molecular formula is C14H14F2N2S. The highest BCUT2D eigenvalue weighted by Crippen LogP contribution is 2.24. The number of pyridine rings is 1. The second-order valence-corrected chi connectivity index (χ2v) is 5.14. The van der Waals surface area contributed by atoms with Crippen molar-refractivity contribution in [3.05, 3.63) is 59.9 Å². The third-order valence-corrected chi connectivity index (χ3v) is 3.81. The average molecular weight is 280 g/mol. The maximum Gasteiger partial charge on any atom is 0.141 e. The molecule has 1 aromatic carbocycles. The molecule has 0 amide bonds. The number of halogens is 2. The van der Waals surface area contributed by atoms with Gasteiger partial charge in [0.1, 0.15) is 11.6 Å². The SMILES string of the molecule is CNC(CSc1ccc(F)cc1)c1cncc(F)c1. The van der Waals surface area contributed by atoms with Gasteiger partial charge in [-0.1, -0.05) is 0 Å². The van der Waals surface area contributed by atoms with Crippen molar-refractivity contribution in [2.45, 2.75) is 10.9 Å². The first-order valence-electron chi connectivity index (χ1n) is 5.85. The zero-order valence-electron chi connectivity index (χ0n) is 10.4. The summed E-state index contributed by atoms with van der Waals surface area (Å²) < 4.78 is 25.9. The Kier molecular flexibility index (Phi) is 4.87. The van der Waals surface area contributed by atoms with Crippen molar-refractivity contribution >= 4 is 11.8 Å². The van der Waals surface area contributed by atoms with E-state index < -0.39 is 0 Å². The van der Waals surface area contributed by atoms with Crippen LogP contribution in [0, 0.1) is 11.6 Å². The van der Waals surface area contributed by atoms with Crippen LogP contribution in [0.25, 0.3) is 0 Å². The number of nitrogens with one attached hydrogen (secondary N) is 1. The van der Waals surface area contributed by atoms with Crippen LogP contribution in [0.15, 0.2) is 47.6 Å². The van der Waals surface area contributed by atoms with E-state index in [1.807, 2.05) is 7.05 Å². The molecule has 0 bridgehead atoms. The van der Waals surface area contributed by atoms with E-state index in [1.54, 1.807) is 30.1 Å². The Labute approximate surface area is 115 Å². The van der Waals surface area contributed by atoms with Gasteiger partial charge in [0.05, 0.1) is 6.20 Å². The smallest absolute Gasteiger partial charge is 0.141 e. The average Bonchev–Trinajstić information content (AvgIpc) is 2.42. The van der Waals surface area contributed by atoms with Gasteiger partial charge in [-0.15, -0.1) is 11.8 Å². The van der Waals surface area contributed by atoms with Crippen molar-refractivity contribution in [3.8, 4) is 0 Å². The first-order valence-corrected chi connectivity index (χ1v) is 6.83. The Hall–Kier alpha value is -1.46. The number of rotatable bonds is 5. The van der Waals surface area contributed by atoms with Crippen LogP contribution < -0.4 is 5.32 Å². The molecule has 2 aromatic rings. The third-order valence-electron chi connectivity index (χ3n) is 2.71. The predicted molar refractivity (Wildman–Crippen MR) is 73.1 cm³/mol. The Balaban J connectivity index is 2.01. The van der Waals surface area contributed by atoms with E-state index in [1.165, 1.54) is 24.4 Å². The Morgan fingerprint density at radius 2 is 1.89 bits per heavy atom. The molecule has 2 nitrogen and oxygen atoms in total. The molecule has 5 heteroatoms. The third kappa shape index (κ3) is 4.01. The second-order valence-electron chi connectivity index (χ2n) is 4.04. The Morgan fingerprint density at radius 3 is 2.53 bits per heavy atom. The van der Waals surface area contributed by atoms with Gasteiger partial charge in [-0.3, -0.25) is 4.98 Å². The molecule has 0 spiro atoms. The van der Waals surface area contributed by atoms with E-state index >= 15 is 0 Å². The van der Waals surface area contributed by atoms with E-state index in [9.17, 15) is 8.78 Å². The molecule has 1 atom stereocenters. The molecular weight excluding hydrogens is 266 g/mol. The van der Waals surface area contributed by atoms with Crippen molar-refractivity contribution in [3.63, 3.8) is 0 Å². The fourth-order valence-electron chi connectivity index (χ4n) is 1.68. The molecule has 1 unspecified atom stereocenters. The maximum absolute atomic E-state index is 13.1. The Bertz CT molecular complexity index is 531. The largest absolute Gasteiger partial charge is 0.312 e. The highest BCUT2D eigenvalue weighted by molar-refractivity contribution is 7.99. The molecule has 0 aliphatic rings. The minimum Gasteiger partial charge on any atom is -0.312 e. The van der Waals surface area contributed by atoms with E-state index in [0.29, 0.717) is 5.75 Å².